The number of nitrogens with two attached hydrogens (primary N) is 2. The predicted octanol–water partition coefficient (Wildman–Crippen LogP) is 4.25. The second kappa shape index (κ2) is 6.11. The third kappa shape index (κ3) is 2.97. The zero-order chi connectivity index (χ0) is 13.2. The van der Waals surface area contributed by atoms with E-state index in [4.69, 9.17) is 11.5 Å². The summed E-state index contributed by atoms with van der Waals surface area (Å²) < 4.78 is -0.628. The lowest BCUT2D eigenvalue weighted by Crippen LogP contribution is -2.67. The van der Waals surface area contributed by atoms with Gasteiger partial charge in [-0.15, -0.1) is 0 Å². The second-order valence-electron chi connectivity index (χ2n) is 6.23. The van der Waals surface area contributed by atoms with Crippen molar-refractivity contribution in [2.24, 2.45) is 23.3 Å². The normalized spacial score (nSPS) is 25.3. The average Bonchev–Trinajstić information content (AvgIpc) is 2.38. The molecule has 4 N–H and O–H groups in total. The van der Waals surface area contributed by atoms with Crippen LogP contribution < -0.4 is 11.5 Å². The van der Waals surface area contributed by atoms with Gasteiger partial charge in [0, 0.05) is 0 Å². The van der Waals surface area contributed by atoms with E-state index in [1.165, 1.54) is 64.2 Å². The highest BCUT2D eigenvalue weighted by Gasteiger charge is 2.53. The monoisotopic (exact) mass is 380 g/mol. The van der Waals surface area contributed by atoms with E-state index in [1.807, 2.05) is 0 Å². The lowest BCUT2D eigenvalue weighted by Gasteiger charge is -2.51. The van der Waals surface area contributed by atoms with Crippen molar-refractivity contribution in [2.75, 3.05) is 0 Å². The summed E-state index contributed by atoms with van der Waals surface area (Å²) in [6.07, 6.45) is 12.9. The molecule has 2 aliphatic carbocycles. The number of hydrogen-bond acceptors (Lipinski definition) is 2. The Morgan fingerprint density at radius 2 is 1.00 bits per heavy atom. The first-order valence-electron chi connectivity index (χ1n) is 7.42. The molecule has 0 atom stereocenters. The molecule has 106 valence electrons. The van der Waals surface area contributed by atoms with Gasteiger partial charge in [-0.25, -0.2) is 0 Å². The van der Waals surface area contributed by atoms with Crippen molar-refractivity contribution in [1.82, 2.24) is 0 Å². The van der Waals surface area contributed by atoms with Gasteiger partial charge in [0.15, 0.2) is 0 Å². The lowest BCUT2D eigenvalue weighted by molar-refractivity contribution is 0.0986. The third-order valence-corrected chi connectivity index (χ3v) is 6.51. The minimum Gasteiger partial charge on any atom is -0.322 e. The maximum Gasteiger partial charge on any atom is 0.146 e. The Kier molecular flexibility index (Phi) is 5.18. The molecule has 0 saturated heterocycles. The smallest absolute Gasteiger partial charge is 0.146 e. The van der Waals surface area contributed by atoms with E-state index >= 15 is 0 Å². The van der Waals surface area contributed by atoms with E-state index < -0.39 is 3.36 Å². The highest BCUT2D eigenvalue weighted by molar-refractivity contribution is 9.25. The van der Waals surface area contributed by atoms with Crippen LogP contribution in [0, 0.1) is 11.8 Å². The molecular weight excluding hydrogens is 356 g/mol. The number of hydrogen-bond donors (Lipinski definition) is 2. The molecule has 4 heteroatoms. The SMILES string of the molecule is NC(Br)(Br)C(N)(C1CCCCC1)C1CCCCC1. The average molecular weight is 382 g/mol. The van der Waals surface area contributed by atoms with Gasteiger partial charge < -0.3 is 11.5 Å². The number of halogens is 2. The molecule has 0 radical (unpaired) electrons. The van der Waals surface area contributed by atoms with Gasteiger partial charge in [-0.2, -0.15) is 0 Å². The van der Waals surface area contributed by atoms with Crippen LogP contribution in [0.3, 0.4) is 0 Å². The van der Waals surface area contributed by atoms with Gasteiger partial charge in [-0.3, -0.25) is 0 Å². The van der Waals surface area contributed by atoms with Gasteiger partial charge in [-0.1, -0.05) is 70.4 Å². The minimum absolute atomic E-state index is 0.312. The Bertz CT molecular complexity index is 245. The van der Waals surface area contributed by atoms with Crippen molar-refractivity contribution >= 4 is 31.9 Å². The van der Waals surface area contributed by atoms with Crippen molar-refractivity contribution in [3.05, 3.63) is 0 Å². The minimum atomic E-state index is -0.628. The number of rotatable bonds is 3. The van der Waals surface area contributed by atoms with Crippen LogP contribution in [0.25, 0.3) is 0 Å². The molecule has 0 aromatic rings. The van der Waals surface area contributed by atoms with Crippen LogP contribution in [0.15, 0.2) is 0 Å². The topological polar surface area (TPSA) is 52.0 Å². The maximum atomic E-state index is 6.91. The predicted molar refractivity (Wildman–Crippen MR) is 84.8 cm³/mol. The molecule has 0 aromatic heterocycles. The summed E-state index contributed by atoms with van der Waals surface area (Å²) in [6.45, 7) is 0. The first kappa shape index (κ1) is 15.3. The Labute approximate surface area is 128 Å². The molecule has 2 fully saturated rings. The van der Waals surface area contributed by atoms with Gasteiger partial charge in [0.05, 0.1) is 5.54 Å². The summed E-state index contributed by atoms with van der Waals surface area (Å²) >= 11 is 7.28. The Morgan fingerprint density at radius 1 is 0.667 bits per heavy atom. The lowest BCUT2D eigenvalue weighted by atomic mass is 9.64. The molecule has 0 unspecified atom stereocenters. The van der Waals surface area contributed by atoms with Gasteiger partial charge in [-0.05, 0) is 37.5 Å². The largest absolute Gasteiger partial charge is 0.322 e. The Morgan fingerprint density at radius 3 is 1.28 bits per heavy atom. The molecule has 2 saturated carbocycles. The summed E-state index contributed by atoms with van der Waals surface area (Å²) in [5.74, 6) is 1.11. The fourth-order valence-electron chi connectivity index (χ4n) is 4.04. The highest BCUT2D eigenvalue weighted by atomic mass is 79.9. The first-order chi connectivity index (χ1) is 8.46. The molecule has 18 heavy (non-hydrogen) atoms. The summed E-state index contributed by atoms with van der Waals surface area (Å²) in [7, 11) is 0. The van der Waals surface area contributed by atoms with Crippen molar-refractivity contribution in [1.29, 1.82) is 0 Å². The summed E-state index contributed by atoms with van der Waals surface area (Å²) in [5, 5.41) is 0. The van der Waals surface area contributed by atoms with Crippen LogP contribution in [-0.2, 0) is 0 Å². The third-order valence-electron chi connectivity index (χ3n) is 5.14. The molecule has 0 heterocycles. The molecule has 0 amide bonds. The van der Waals surface area contributed by atoms with Gasteiger partial charge in [0.25, 0.3) is 0 Å². The van der Waals surface area contributed by atoms with E-state index in [9.17, 15) is 0 Å². The fraction of sp³-hybridized carbons (Fsp3) is 1.00. The van der Waals surface area contributed by atoms with E-state index in [0.29, 0.717) is 11.8 Å². The van der Waals surface area contributed by atoms with Crippen LogP contribution in [0.4, 0.5) is 0 Å². The van der Waals surface area contributed by atoms with Crippen molar-refractivity contribution in [2.45, 2.75) is 73.1 Å². The standard InChI is InChI=1S/C14H26Br2N2/c15-14(16,18)13(17,11-7-3-1-4-8-11)12-9-5-2-6-10-12/h11-12H,1-10,17-18H2. The molecule has 2 aliphatic rings. The van der Waals surface area contributed by atoms with Gasteiger partial charge in [0.2, 0.25) is 0 Å². The Balaban J connectivity index is 2.21. The Hall–Kier alpha value is 0.880. The zero-order valence-corrected chi connectivity index (χ0v) is 14.3. The molecule has 0 aromatic carbocycles. The van der Waals surface area contributed by atoms with E-state index in [1.54, 1.807) is 0 Å². The molecule has 2 rings (SSSR count). The van der Waals surface area contributed by atoms with E-state index in [2.05, 4.69) is 31.9 Å². The number of alkyl halides is 2. The highest BCUT2D eigenvalue weighted by Crippen LogP contribution is 2.50. The molecular formula is C14H26Br2N2. The van der Waals surface area contributed by atoms with Crippen LogP contribution in [-0.4, -0.2) is 8.90 Å². The second-order valence-corrected chi connectivity index (χ2v) is 9.79. The first-order valence-corrected chi connectivity index (χ1v) is 9.00. The van der Waals surface area contributed by atoms with Crippen LogP contribution in [0.1, 0.15) is 64.2 Å². The van der Waals surface area contributed by atoms with E-state index in [0.717, 1.165) is 0 Å². The maximum absolute atomic E-state index is 6.91. The fourth-order valence-corrected chi connectivity index (χ4v) is 5.33. The summed E-state index contributed by atoms with van der Waals surface area (Å²) in [5.41, 5.74) is 13.0. The zero-order valence-electron chi connectivity index (χ0n) is 11.1. The van der Waals surface area contributed by atoms with E-state index in [-0.39, 0.29) is 5.54 Å². The van der Waals surface area contributed by atoms with Crippen LogP contribution >= 0.6 is 31.9 Å². The van der Waals surface area contributed by atoms with Crippen LogP contribution in [0.2, 0.25) is 0 Å². The van der Waals surface area contributed by atoms with Crippen molar-refractivity contribution in [3.8, 4) is 0 Å². The van der Waals surface area contributed by atoms with Crippen molar-refractivity contribution in [3.63, 3.8) is 0 Å². The van der Waals surface area contributed by atoms with Gasteiger partial charge in [0.1, 0.15) is 3.36 Å². The van der Waals surface area contributed by atoms with Crippen LogP contribution in [0.5, 0.6) is 0 Å². The van der Waals surface area contributed by atoms with Gasteiger partial charge >= 0.3 is 0 Å². The summed E-state index contributed by atoms with van der Waals surface area (Å²) in [6, 6.07) is 0. The molecule has 0 spiro atoms. The molecule has 0 bridgehead atoms. The van der Waals surface area contributed by atoms with Crippen molar-refractivity contribution < 1.29 is 0 Å². The summed E-state index contributed by atoms with van der Waals surface area (Å²) in [4.78, 5) is 0. The quantitative estimate of drug-likeness (QED) is 0.567. The molecule has 2 nitrogen and oxygen atoms in total. The molecule has 0 aliphatic heterocycles.